The molecule has 0 radical (unpaired) electrons. The third-order valence-corrected chi connectivity index (χ3v) is 5.11. The van der Waals surface area contributed by atoms with E-state index in [0.717, 1.165) is 5.56 Å². The number of anilines is 1. The van der Waals surface area contributed by atoms with Gasteiger partial charge < -0.3 is 9.08 Å². The molecule has 0 aromatic heterocycles. The summed E-state index contributed by atoms with van der Waals surface area (Å²) in [6.45, 7) is 3.09. The largest absolute Gasteiger partial charge is 0.379 e. The Balaban J connectivity index is 1.81. The van der Waals surface area contributed by atoms with Crippen molar-refractivity contribution in [2.75, 3.05) is 25.0 Å². The van der Waals surface area contributed by atoms with E-state index >= 15 is 0 Å². The highest BCUT2D eigenvalue weighted by Crippen LogP contribution is 2.24. The van der Waals surface area contributed by atoms with E-state index in [1.54, 1.807) is 47.2 Å². The molecule has 3 rings (SSSR count). The van der Waals surface area contributed by atoms with Gasteiger partial charge in [0.05, 0.1) is 0 Å². The summed E-state index contributed by atoms with van der Waals surface area (Å²) in [5, 5.41) is 0. The van der Waals surface area contributed by atoms with Crippen LogP contribution < -0.4 is 9.08 Å². The number of benzene rings is 2. The molecule has 2 amide bonds. The zero-order valence-electron chi connectivity index (χ0n) is 13.5. The summed E-state index contributed by atoms with van der Waals surface area (Å²) < 4.78 is 29.9. The highest BCUT2D eigenvalue weighted by Gasteiger charge is 2.27. The zero-order valence-corrected chi connectivity index (χ0v) is 14.3. The SMILES string of the molecule is Cc1cccc(OS(=O)(=O)c2ccc(N3CCN(C)C3=O)cc2)c1. The molecular formula is C17H18N2O4S. The van der Waals surface area contributed by atoms with Crippen molar-refractivity contribution in [2.45, 2.75) is 11.8 Å². The van der Waals surface area contributed by atoms with Gasteiger partial charge in [-0.1, -0.05) is 12.1 Å². The fourth-order valence-corrected chi connectivity index (χ4v) is 3.44. The Hall–Kier alpha value is -2.54. The standard InChI is InChI=1S/C17H18N2O4S/c1-13-4-3-5-15(12-13)23-24(21,22)16-8-6-14(7-9-16)19-11-10-18(2)17(19)20/h3-9,12H,10-11H2,1-2H3. The van der Waals surface area contributed by atoms with Crippen molar-refractivity contribution in [3.05, 3.63) is 54.1 Å². The molecule has 0 bridgehead atoms. The monoisotopic (exact) mass is 346 g/mol. The van der Waals surface area contributed by atoms with Crippen LogP contribution in [0.4, 0.5) is 10.5 Å². The highest BCUT2D eigenvalue weighted by molar-refractivity contribution is 7.87. The van der Waals surface area contributed by atoms with Crippen molar-refractivity contribution in [1.29, 1.82) is 0 Å². The minimum absolute atomic E-state index is 0.0488. The minimum Gasteiger partial charge on any atom is -0.379 e. The molecule has 1 fully saturated rings. The second-order valence-corrected chi connectivity index (χ2v) is 7.25. The fourth-order valence-electron chi connectivity index (χ4n) is 2.52. The van der Waals surface area contributed by atoms with Crippen LogP contribution in [0.3, 0.4) is 0 Å². The molecule has 0 unspecified atom stereocenters. The van der Waals surface area contributed by atoms with Gasteiger partial charge in [0, 0.05) is 25.8 Å². The first-order valence-electron chi connectivity index (χ1n) is 7.51. The molecular weight excluding hydrogens is 328 g/mol. The number of rotatable bonds is 4. The minimum atomic E-state index is -3.91. The second kappa shape index (κ2) is 6.16. The number of amides is 2. The van der Waals surface area contributed by atoms with E-state index in [2.05, 4.69) is 0 Å². The molecule has 0 N–H and O–H groups in total. The maximum absolute atomic E-state index is 12.4. The number of hydrogen-bond acceptors (Lipinski definition) is 4. The predicted molar refractivity (Wildman–Crippen MR) is 90.8 cm³/mol. The van der Waals surface area contributed by atoms with Gasteiger partial charge in [0.1, 0.15) is 10.6 Å². The molecule has 1 aliphatic heterocycles. The van der Waals surface area contributed by atoms with E-state index in [9.17, 15) is 13.2 Å². The lowest BCUT2D eigenvalue weighted by molar-refractivity contribution is 0.229. The molecule has 24 heavy (non-hydrogen) atoms. The number of nitrogens with zero attached hydrogens (tertiary/aromatic N) is 2. The molecule has 2 aromatic rings. The topological polar surface area (TPSA) is 66.9 Å². The van der Waals surface area contributed by atoms with Gasteiger partial charge in [0.15, 0.2) is 0 Å². The van der Waals surface area contributed by atoms with Crippen LogP contribution in [0, 0.1) is 6.92 Å². The molecule has 1 heterocycles. The molecule has 126 valence electrons. The van der Waals surface area contributed by atoms with E-state index in [1.165, 1.54) is 12.1 Å². The summed E-state index contributed by atoms with van der Waals surface area (Å²) in [6.07, 6.45) is 0. The van der Waals surface area contributed by atoms with Crippen LogP contribution in [-0.2, 0) is 10.1 Å². The Morgan fingerprint density at radius 1 is 1.04 bits per heavy atom. The van der Waals surface area contributed by atoms with Gasteiger partial charge in [-0.15, -0.1) is 0 Å². The van der Waals surface area contributed by atoms with Crippen molar-refractivity contribution in [3.8, 4) is 5.75 Å². The lowest BCUT2D eigenvalue weighted by Gasteiger charge is -2.16. The smallest absolute Gasteiger partial charge is 0.339 e. The normalized spacial score (nSPS) is 15.0. The summed E-state index contributed by atoms with van der Waals surface area (Å²) in [6, 6.07) is 12.9. The van der Waals surface area contributed by atoms with Gasteiger partial charge in [-0.2, -0.15) is 8.42 Å². The molecule has 0 spiro atoms. The molecule has 1 aliphatic rings. The van der Waals surface area contributed by atoms with Gasteiger partial charge in [-0.3, -0.25) is 4.90 Å². The summed E-state index contributed by atoms with van der Waals surface area (Å²) in [5.74, 6) is 0.274. The van der Waals surface area contributed by atoms with E-state index in [0.29, 0.717) is 18.8 Å². The van der Waals surface area contributed by atoms with Gasteiger partial charge in [-0.05, 0) is 48.9 Å². The average molecular weight is 346 g/mol. The van der Waals surface area contributed by atoms with Crippen LogP contribution in [0.25, 0.3) is 0 Å². The maximum atomic E-state index is 12.4. The predicted octanol–water partition coefficient (Wildman–Crippen LogP) is 2.63. The van der Waals surface area contributed by atoms with Crippen molar-refractivity contribution in [3.63, 3.8) is 0 Å². The molecule has 2 aromatic carbocycles. The fraction of sp³-hybridized carbons (Fsp3) is 0.235. The van der Waals surface area contributed by atoms with Gasteiger partial charge in [-0.25, -0.2) is 4.79 Å². The van der Waals surface area contributed by atoms with Crippen molar-refractivity contribution < 1.29 is 17.4 Å². The summed E-state index contributed by atoms with van der Waals surface area (Å²) >= 11 is 0. The summed E-state index contributed by atoms with van der Waals surface area (Å²) in [4.78, 5) is 15.2. The van der Waals surface area contributed by atoms with Crippen molar-refractivity contribution in [1.82, 2.24) is 4.90 Å². The van der Waals surface area contributed by atoms with Crippen LogP contribution in [0.2, 0.25) is 0 Å². The van der Waals surface area contributed by atoms with Gasteiger partial charge in [0.2, 0.25) is 0 Å². The van der Waals surface area contributed by atoms with Crippen LogP contribution in [0.1, 0.15) is 5.56 Å². The second-order valence-electron chi connectivity index (χ2n) is 5.70. The Bertz CT molecular complexity index is 862. The quantitative estimate of drug-likeness (QED) is 0.798. The summed E-state index contributed by atoms with van der Waals surface area (Å²) in [5.41, 5.74) is 1.58. The number of aryl methyl sites for hydroxylation is 1. The summed E-state index contributed by atoms with van der Waals surface area (Å²) in [7, 11) is -2.18. The van der Waals surface area contributed by atoms with E-state index < -0.39 is 10.1 Å². The van der Waals surface area contributed by atoms with E-state index in [1.807, 2.05) is 13.0 Å². The Morgan fingerprint density at radius 3 is 2.33 bits per heavy atom. The molecule has 0 atom stereocenters. The third kappa shape index (κ3) is 3.21. The first-order valence-corrected chi connectivity index (χ1v) is 8.91. The first-order chi connectivity index (χ1) is 11.4. The average Bonchev–Trinajstić information content (AvgIpc) is 2.87. The Morgan fingerprint density at radius 2 is 1.75 bits per heavy atom. The van der Waals surface area contributed by atoms with Crippen molar-refractivity contribution in [2.24, 2.45) is 0 Å². The Labute approximate surface area is 141 Å². The van der Waals surface area contributed by atoms with Crippen LogP contribution in [0.5, 0.6) is 5.75 Å². The number of urea groups is 1. The molecule has 0 aliphatic carbocycles. The van der Waals surface area contributed by atoms with Gasteiger partial charge >= 0.3 is 16.1 Å². The molecule has 0 saturated carbocycles. The molecule has 7 heteroatoms. The molecule has 1 saturated heterocycles. The zero-order chi connectivity index (χ0) is 17.3. The lowest BCUT2D eigenvalue weighted by atomic mass is 10.2. The van der Waals surface area contributed by atoms with E-state index in [4.69, 9.17) is 4.18 Å². The number of hydrogen-bond donors (Lipinski definition) is 0. The lowest BCUT2D eigenvalue weighted by Crippen LogP contribution is -2.29. The first kappa shape index (κ1) is 16.3. The maximum Gasteiger partial charge on any atom is 0.339 e. The number of carbonyl (C=O) groups is 1. The highest BCUT2D eigenvalue weighted by atomic mass is 32.2. The Kier molecular flexibility index (Phi) is 4.19. The van der Waals surface area contributed by atoms with E-state index in [-0.39, 0.29) is 16.7 Å². The molecule has 6 nitrogen and oxygen atoms in total. The number of likely N-dealkylation sites (N-methyl/N-ethyl adjacent to an activating group) is 1. The van der Waals surface area contributed by atoms with Gasteiger partial charge in [0.25, 0.3) is 0 Å². The number of carbonyl (C=O) groups excluding carboxylic acids is 1. The van der Waals surface area contributed by atoms with Crippen LogP contribution in [0.15, 0.2) is 53.4 Å². The third-order valence-electron chi connectivity index (χ3n) is 3.85. The van der Waals surface area contributed by atoms with Crippen LogP contribution in [-0.4, -0.2) is 39.5 Å². The van der Waals surface area contributed by atoms with Crippen LogP contribution >= 0.6 is 0 Å². The van der Waals surface area contributed by atoms with Crippen molar-refractivity contribution >= 4 is 21.8 Å².